The summed E-state index contributed by atoms with van der Waals surface area (Å²) in [6, 6.07) is 4.00. The number of Topliss-reactive ketones (excluding diaryl/α,β-unsaturated/α-hetero) is 1. The lowest BCUT2D eigenvalue weighted by atomic mass is 9.79. The van der Waals surface area contributed by atoms with Crippen LogP contribution in [0.2, 0.25) is 0 Å². The van der Waals surface area contributed by atoms with Crippen molar-refractivity contribution < 1.29 is 4.79 Å². The largest absolute Gasteiger partial charge is 0.325 e. The lowest BCUT2D eigenvalue weighted by Gasteiger charge is -2.32. The van der Waals surface area contributed by atoms with Gasteiger partial charge in [-0.3, -0.25) is 4.79 Å². The Kier molecular flexibility index (Phi) is 4.39. The van der Waals surface area contributed by atoms with Crippen LogP contribution < -0.4 is 5.73 Å². The topological polar surface area (TPSA) is 43.1 Å². The molecule has 1 fully saturated rings. The third-order valence-corrected chi connectivity index (χ3v) is 5.02. The van der Waals surface area contributed by atoms with E-state index in [1.54, 1.807) is 11.3 Å². The van der Waals surface area contributed by atoms with Crippen LogP contribution in [0, 0.1) is 0 Å². The molecule has 0 radical (unpaired) electrons. The second-order valence-electron chi connectivity index (χ2n) is 5.02. The molecule has 17 heavy (non-hydrogen) atoms. The molecular formula is C13H18BrNOS. The molecule has 2 rings (SSSR count). The third-order valence-electron chi connectivity index (χ3n) is 3.40. The van der Waals surface area contributed by atoms with E-state index in [9.17, 15) is 4.79 Å². The van der Waals surface area contributed by atoms with Crippen molar-refractivity contribution >= 4 is 33.0 Å². The first-order valence-electron chi connectivity index (χ1n) is 6.12. The van der Waals surface area contributed by atoms with E-state index in [1.807, 2.05) is 12.1 Å². The first kappa shape index (κ1) is 13.2. The van der Waals surface area contributed by atoms with Crippen LogP contribution in [0.25, 0.3) is 0 Å². The van der Waals surface area contributed by atoms with E-state index in [2.05, 4.69) is 15.9 Å². The summed E-state index contributed by atoms with van der Waals surface area (Å²) < 4.78 is 1.08. The lowest BCUT2D eigenvalue weighted by Crippen LogP contribution is -2.43. The number of rotatable bonds is 4. The summed E-state index contributed by atoms with van der Waals surface area (Å²) in [6.45, 7) is 0. The van der Waals surface area contributed by atoms with Crippen molar-refractivity contribution in [1.29, 1.82) is 0 Å². The average molecular weight is 316 g/mol. The highest BCUT2D eigenvalue weighted by atomic mass is 79.9. The number of nitrogens with two attached hydrogens (primary N) is 1. The van der Waals surface area contributed by atoms with E-state index < -0.39 is 0 Å². The van der Waals surface area contributed by atoms with Crippen molar-refractivity contribution in [2.24, 2.45) is 5.73 Å². The maximum absolute atomic E-state index is 12.0. The SMILES string of the molecule is NC1(CC(=O)Cc2ccc(Br)s2)CCCCC1. The van der Waals surface area contributed by atoms with Gasteiger partial charge >= 0.3 is 0 Å². The highest BCUT2D eigenvalue weighted by Gasteiger charge is 2.29. The van der Waals surface area contributed by atoms with Gasteiger partial charge in [0.1, 0.15) is 5.78 Å². The van der Waals surface area contributed by atoms with Crippen LogP contribution in [0.5, 0.6) is 0 Å². The minimum atomic E-state index is -0.218. The van der Waals surface area contributed by atoms with Crippen LogP contribution in [0.15, 0.2) is 15.9 Å². The van der Waals surface area contributed by atoms with Gasteiger partial charge in [0.15, 0.2) is 0 Å². The van der Waals surface area contributed by atoms with Gasteiger partial charge in [-0.05, 0) is 40.9 Å². The molecule has 4 heteroatoms. The number of thiophene rings is 1. The quantitative estimate of drug-likeness (QED) is 0.921. The van der Waals surface area contributed by atoms with Gasteiger partial charge in [0, 0.05) is 23.3 Å². The molecule has 0 aliphatic heterocycles. The Hall–Kier alpha value is -0.190. The highest BCUT2D eigenvalue weighted by Crippen LogP contribution is 2.30. The van der Waals surface area contributed by atoms with Crippen LogP contribution >= 0.6 is 27.3 Å². The van der Waals surface area contributed by atoms with E-state index in [0.717, 1.165) is 21.5 Å². The molecule has 0 unspecified atom stereocenters. The first-order valence-corrected chi connectivity index (χ1v) is 7.73. The Morgan fingerprint density at radius 1 is 1.35 bits per heavy atom. The first-order chi connectivity index (χ1) is 8.07. The minimum absolute atomic E-state index is 0.218. The van der Waals surface area contributed by atoms with Gasteiger partial charge in [0.25, 0.3) is 0 Å². The van der Waals surface area contributed by atoms with Crippen molar-refractivity contribution in [1.82, 2.24) is 0 Å². The highest BCUT2D eigenvalue weighted by molar-refractivity contribution is 9.11. The van der Waals surface area contributed by atoms with E-state index >= 15 is 0 Å². The molecule has 2 nitrogen and oxygen atoms in total. The molecule has 1 aliphatic carbocycles. The van der Waals surface area contributed by atoms with Gasteiger partial charge < -0.3 is 5.73 Å². The molecule has 0 saturated heterocycles. The Bertz CT molecular complexity index is 396. The van der Waals surface area contributed by atoms with Crippen LogP contribution in [-0.2, 0) is 11.2 Å². The van der Waals surface area contributed by atoms with Crippen molar-refractivity contribution in [3.8, 4) is 0 Å². The van der Waals surface area contributed by atoms with E-state index in [0.29, 0.717) is 12.8 Å². The number of hydrogen-bond acceptors (Lipinski definition) is 3. The summed E-state index contributed by atoms with van der Waals surface area (Å²) in [5.74, 6) is 0.281. The van der Waals surface area contributed by atoms with Gasteiger partial charge in [0.2, 0.25) is 0 Å². The minimum Gasteiger partial charge on any atom is -0.325 e. The molecule has 0 spiro atoms. The maximum atomic E-state index is 12.0. The van der Waals surface area contributed by atoms with Crippen LogP contribution in [-0.4, -0.2) is 11.3 Å². The van der Waals surface area contributed by atoms with E-state index in [4.69, 9.17) is 5.73 Å². The number of ketones is 1. The predicted octanol–water partition coefficient (Wildman–Crippen LogP) is 3.67. The summed E-state index contributed by atoms with van der Waals surface area (Å²) >= 11 is 5.05. The normalized spacial score (nSPS) is 19.2. The molecule has 94 valence electrons. The fraction of sp³-hybridized carbons (Fsp3) is 0.615. The van der Waals surface area contributed by atoms with Crippen molar-refractivity contribution in [2.75, 3.05) is 0 Å². The standard InChI is InChI=1S/C13H18BrNOS/c14-12-5-4-11(17-12)8-10(16)9-13(15)6-2-1-3-7-13/h4-5H,1-3,6-9,15H2. The number of carbonyl (C=O) groups excluding carboxylic acids is 1. The summed E-state index contributed by atoms with van der Waals surface area (Å²) in [7, 11) is 0. The second-order valence-corrected chi connectivity index (χ2v) is 7.57. The molecule has 0 amide bonds. The van der Waals surface area contributed by atoms with Gasteiger partial charge in [-0.25, -0.2) is 0 Å². The van der Waals surface area contributed by atoms with Gasteiger partial charge in [-0.15, -0.1) is 11.3 Å². The summed E-state index contributed by atoms with van der Waals surface area (Å²) in [6.07, 6.45) is 6.71. The molecule has 0 aromatic carbocycles. The predicted molar refractivity (Wildman–Crippen MR) is 75.4 cm³/mol. The Morgan fingerprint density at radius 3 is 2.65 bits per heavy atom. The van der Waals surface area contributed by atoms with Gasteiger partial charge in [-0.1, -0.05) is 19.3 Å². The Balaban J connectivity index is 1.88. The number of carbonyl (C=O) groups is 1. The molecule has 1 aromatic heterocycles. The van der Waals surface area contributed by atoms with Gasteiger partial charge in [-0.2, -0.15) is 0 Å². The summed E-state index contributed by atoms with van der Waals surface area (Å²) in [5.41, 5.74) is 6.07. The lowest BCUT2D eigenvalue weighted by molar-refractivity contribution is -0.119. The molecule has 0 bridgehead atoms. The zero-order chi connectivity index (χ0) is 12.3. The van der Waals surface area contributed by atoms with Crippen LogP contribution in [0.4, 0.5) is 0 Å². The van der Waals surface area contributed by atoms with E-state index in [1.165, 1.54) is 19.3 Å². The molecule has 1 aliphatic rings. The third kappa shape index (κ3) is 3.90. The van der Waals surface area contributed by atoms with Crippen molar-refractivity contribution in [3.05, 3.63) is 20.8 Å². The number of hydrogen-bond donors (Lipinski definition) is 1. The summed E-state index contributed by atoms with van der Waals surface area (Å²) in [4.78, 5) is 13.1. The maximum Gasteiger partial charge on any atom is 0.139 e. The number of halogens is 1. The average Bonchev–Trinajstić information content (AvgIpc) is 2.63. The smallest absolute Gasteiger partial charge is 0.139 e. The zero-order valence-electron chi connectivity index (χ0n) is 9.88. The van der Waals surface area contributed by atoms with Gasteiger partial charge in [0.05, 0.1) is 3.79 Å². The van der Waals surface area contributed by atoms with Crippen molar-refractivity contribution in [3.63, 3.8) is 0 Å². The molecule has 1 heterocycles. The second kappa shape index (κ2) is 5.63. The van der Waals surface area contributed by atoms with Crippen LogP contribution in [0.1, 0.15) is 43.4 Å². The molecule has 1 saturated carbocycles. The fourth-order valence-electron chi connectivity index (χ4n) is 2.53. The Labute approximate surface area is 115 Å². The Morgan fingerprint density at radius 2 is 2.06 bits per heavy atom. The van der Waals surface area contributed by atoms with E-state index in [-0.39, 0.29) is 11.3 Å². The fourth-order valence-corrected chi connectivity index (χ4v) is 4.04. The molecule has 0 atom stereocenters. The molecule has 2 N–H and O–H groups in total. The van der Waals surface area contributed by atoms with Crippen molar-refractivity contribution in [2.45, 2.75) is 50.5 Å². The zero-order valence-corrected chi connectivity index (χ0v) is 12.3. The van der Waals surface area contributed by atoms with Crippen LogP contribution in [0.3, 0.4) is 0 Å². The molecule has 1 aromatic rings. The molecular weight excluding hydrogens is 298 g/mol. The monoisotopic (exact) mass is 315 g/mol. The summed E-state index contributed by atoms with van der Waals surface area (Å²) in [5, 5.41) is 0.